The number of carbonyl (C=O) groups is 2. The van der Waals surface area contributed by atoms with Crippen LogP contribution in [0.25, 0.3) is 0 Å². The monoisotopic (exact) mass is 479 g/mol. The molecule has 0 unspecified atom stereocenters. The van der Waals surface area contributed by atoms with Gasteiger partial charge in [-0.05, 0) is 23.3 Å². The van der Waals surface area contributed by atoms with E-state index < -0.39 is 11.9 Å². The first-order valence-corrected chi connectivity index (χ1v) is 9.92. The van der Waals surface area contributed by atoms with E-state index >= 15 is 0 Å². The maximum atomic E-state index is 10.9. The molecule has 0 amide bonds. The molecule has 30 heavy (non-hydrogen) atoms. The van der Waals surface area contributed by atoms with E-state index in [1.807, 2.05) is 6.07 Å². The zero-order valence-corrected chi connectivity index (χ0v) is 17.7. The first-order chi connectivity index (χ1) is 14.2. The van der Waals surface area contributed by atoms with Crippen molar-refractivity contribution < 1.29 is 24.7 Å². The summed E-state index contributed by atoms with van der Waals surface area (Å²) in [5, 5.41) is 25.6. The Hall–Kier alpha value is -2.82. The van der Waals surface area contributed by atoms with E-state index in [1.165, 1.54) is 5.56 Å². The lowest BCUT2D eigenvalue weighted by atomic mass is 10.1. The minimum Gasteiger partial charge on any atom is -0.473 e. The Kier molecular flexibility index (Phi) is 8.90. The molecular weight excluding hydrogens is 458 g/mol. The summed E-state index contributed by atoms with van der Waals surface area (Å²) in [5.41, 5.74) is 2.50. The largest absolute Gasteiger partial charge is 0.473 e. The van der Waals surface area contributed by atoms with Crippen LogP contribution in [-0.2, 0) is 22.7 Å². The van der Waals surface area contributed by atoms with Crippen molar-refractivity contribution in [1.29, 1.82) is 0 Å². The molecule has 2 aromatic carbocycles. The zero-order valence-electron chi connectivity index (χ0n) is 16.1. The number of aliphatic carboxylic acids is 2. The van der Waals surface area contributed by atoms with Gasteiger partial charge in [-0.3, -0.25) is 19.9 Å². The summed E-state index contributed by atoms with van der Waals surface area (Å²) in [7, 11) is 0. The Labute approximate surface area is 181 Å². The Balaban J connectivity index is 0.000000469. The molecule has 1 aliphatic heterocycles. The van der Waals surface area contributed by atoms with E-state index in [2.05, 4.69) is 50.0 Å². The van der Waals surface area contributed by atoms with Gasteiger partial charge in [-0.2, -0.15) is 0 Å². The summed E-state index contributed by atoms with van der Waals surface area (Å²) in [6.45, 7) is 5.75. The van der Waals surface area contributed by atoms with Crippen LogP contribution in [0.4, 0.5) is 5.69 Å². The molecular formula is C20H22BrN3O6. The first-order valence-electron chi connectivity index (χ1n) is 9.13. The molecule has 2 N–H and O–H groups in total. The number of carboxylic acid groups (broad SMARTS) is 2. The van der Waals surface area contributed by atoms with Crippen LogP contribution in [0.1, 0.15) is 11.1 Å². The van der Waals surface area contributed by atoms with Gasteiger partial charge in [0.15, 0.2) is 0 Å². The molecule has 0 bridgehead atoms. The molecule has 160 valence electrons. The number of rotatable bonds is 5. The van der Waals surface area contributed by atoms with E-state index in [4.69, 9.17) is 19.8 Å². The summed E-state index contributed by atoms with van der Waals surface area (Å²) in [4.78, 5) is 33.5. The van der Waals surface area contributed by atoms with E-state index in [9.17, 15) is 10.1 Å². The fraction of sp³-hybridized carbons (Fsp3) is 0.300. The van der Waals surface area contributed by atoms with Gasteiger partial charge in [-0.1, -0.05) is 40.2 Å². The Morgan fingerprint density at radius 2 is 1.40 bits per heavy atom. The Bertz CT molecular complexity index is 870. The van der Waals surface area contributed by atoms with Crippen LogP contribution in [0, 0.1) is 10.1 Å². The van der Waals surface area contributed by atoms with Crippen molar-refractivity contribution in [1.82, 2.24) is 9.80 Å². The van der Waals surface area contributed by atoms with Crippen molar-refractivity contribution in [2.24, 2.45) is 0 Å². The maximum absolute atomic E-state index is 10.9. The van der Waals surface area contributed by atoms with Crippen molar-refractivity contribution in [2.75, 3.05) is 26.2 Å². The smallest absolute Gasteiger partial charge is 0.414 e. The maximum Gasteiger partial charge on any atom is 0.414 e. The molecule has 1 saturated heterocycles. The molecule has 0 atom stereocenters. The average molecular weight is 480 g/mol. The van der Waals surface area contributed by atoms with Gasteiger partial charge >= 0.3 is 11.9 Å². The molecule has 0 spiro atoms. The number of piperazine rings is 1. The van der Waals surface area contributed by atoms with Crippen molar-refractivity contribution in [3.63, 3.8) is 0 Å². The third-order valence-electron chi connectivity index (χ3n) is 4.49. The SMILES string of the molecule is O=C(O)C(=O)O.O=[N+]([O-])c1cccc(CN2CCN(Cc3ccc(Br)cc3)CC2)c1. The van der Waals surface area contributed by atoms with Gasteiger partial charge in [0.2, 0.25) is 0 Å². The number of hydrogen-bond acceptors (Lipinski definition) is 6. The highest BCUT2D eigenvalue weighted by Gasteiger charge is 2.18. The van der Waals surface area contributed by atoms with Gasteiger partial charge in [0, 0.05) is 55.9 Å². The number of nitro benzene ring substituents is 1. The molecule has 0 aromatic heterocycles. The summed E-state index contributed by atoms with van der Waals surface area (Å²) >= 11 is 3.46. The predicted octanol–water partition coefficient (Wildman–Crippen LogP) is 2.83. The van der Waals surface area contributed by atoms with Crippen LogP contribution < -0.4 is 0 Å². The lowest BCUT2D eigenvalue weighted by Gasteiger charge is -2.34. The lowest BCUT2D eigenvalue weighted by molar-refractivity contribution is -0.384. The van der Waals surface area contributed by atoms with Crippen molar-refractivity contribution in [3.05, 3.63) is 74.2 Å². The van der Waals surface area contributed by atoms with Crippen molar-refractivity contribution >= 4 is 33.6 Å². The second-order valence-electron chi connectivity index (χ2n) is 6.72. The number of hydrogen-bond donors (Lipinski definition) is 2. The van der Waals surface area contributed by atoms with Gasteiger partial charge in [-0.15, -0.1) is 0 Å². The number of non-ortho nitro benzene ring substituents is 1. The summed E-state index contributed by atoms with van der Waals surface area (Å²) in [6, 6.07) is 15.4. The summed E-state index contributed by atoms with van der Waals surface area (Å²) in [6.07, 6.45) is 0. The number of halogens is 1. The minimum absolute atomic E-state index is 0.168. The normalized spacial score (nSPS) is 14.4. The van der Waals surface area contributed by atoms with E-state index in [0.717, 1.165) is 49.3 Å². The fourth-order valence-corrected chi connectivity index (χ4v) is 3.24. The van der Waals surface area contributed by atoms with Crippen molar-refractivity contribution in [3.8, 4) is 0 Å². The lowest BCUT2D eigenvalue weighted by Crippen LogP contribution is -2.45. The standard InChI is InChI=1S/C18H20BrN3O2.C2H2O4/c19-17-6-4-15(5-7-17)13-20-8-10-21(11-9-20)14-16-2-1-3-18(12-16)22(23)24;3-1(4)2(5)6/h1-7,12H,8-11,13-14H2;(H,3,4)(H,5,6). The van der Waals surface area contributed by atoms with Gasteiger partial charge in [0.05, 0.1) is 4.92 Å². The number of nitrogens with zero attached hydrogens (tertiary/aromatic N) is 3. The molecule has 0 radical (unpaired) electrons. The van der Waals surface area contributed by atoms with Crippen LogP contribution in [-0.4, -0.2) is 63.1 Å². The topological polar surface area (TPSA) is 124 Å². The van der Waals surface area contributed by atoms with Gasteiger partial charge in [0.25, 0.3) is 5.69 Å². The number of carboxylic acids is 2. The van der Waals surface area contributed by atoms with Crippen LogP contribution in [0.3, 0.4) is 0 Å². The molecule has 3 rings (SSSR count). The molecule has 1 heterocycles. The van der Waals surface area contributed by atoms with Crippen LogP contribution in [0.5, 0.6) is 0 Å². The molecule has 1 fully saturated rings. The molecule has 0 saturated carbocycles. The van der Waals surface area contributed by atoms with Crippen molar-refractivity contribution in [2.45, 2.75) is 13.1 Å². The van der Waals surface area contributed by atoms with Gasteiger partial charge in [0.1, 0.15) is 0 Å². The van der Waals surface area contributed by atoms with Gasteiger partial charge < -0.3 is 10.2 Å². The molecule has 9 nitrogen and oxygen atoms in total. The quantitative estimate of drug-likeness (QED) is 0.381. The van der Waals surface area contributed by atoms with E-state index in [0.29, 0.717) is 0 Å². The number of nitro groups is 1. The highest BCUT2D eigenvalue weighted by atomic mass is 79.9. The molecule has 2 aromatic rings. The average Bonchev–Trinajstić information content (AvgIpc) is 2.72. The summed E-state index contributed by atoms with van der Waals surface area (Å²) < 4.78 is 1.10. The third kappa shape index (κ3) is 7.90. The van der Waals surface area contributed by atoms with E-state index in [1.54, 1.807) is 18.2 Å². The fourth-order valence-electron chi connectivity index (χ4n) is 2.98. The highest BCUT2D eigenvalue weighted by molar-refractivity contribution is 9.10. The third-order valence-corrected chi connectivity index (χ3v) is 5.02. The second kappa shape index (κ2) is 11.4. The van der Waals surface area contributed by atoms with E-state index in [-0.39, 0.29) is 10.6 Å². The molecule has 0 aliphatic carbocycles. The van der Waals surface area contributed by atoms with Gasteiger partial charge in [-0.25, -0.2) is 9.59 Å². The summed E-state index contributed by atoms with van der Waals surface area (Å²) in [5.74, 6) is -3.65. The second-order valence-corrected chi connectivity index (χ2v) is 7.63. The van der Waals surface area contributed by atoms with Crippen LogP contribution in [0.15, 0.2) is 53.0 Å². The number of benzene rings is 2. The predicted molar refractivity (Wildman–Crippen MR) is 113 cm³/mol. The first kappa shape index (κ1) is 23.5. The Morgan fingerprint density at radius 1 is 0.900 bits per heavy atom. The van der Waals surface area contributed by atoms with Crippen LogP contribution in [0.2, 0.25) is 0 Å². The zero-order chi connectivity index (χ0) is 22.1. The van der Waals surface area contributed by atoms with Crippen LogP contribution >= 0.6 is 15.9 Å². The minimum atomic E-state index is -1.82. The highest BCUT2D eigenvalue weighted by Crippen LogP contribution is 2.17. The Morgan fingerprint density at radius 3 is 1.87 bits per heavy atom. The molecule has 10 heteroatoms. The molecule has 1 aliphatic rings.